The van der Waals surface area contributed by atoms with Crippen LogP contribution in [0.4, 0.5) is 10.1 Å². The van der Waals surface area contributed by atoms with E-state index in [0.717, 1.165) is 32.1 Å². The molecule has 1 saturated heterocycles. The molecule has 1 aromatic rings. The minimum atomic E-state index is -0.525. The molecule has 0 saturated carbocycles. The van der Waals surface area contributed by atoms with Crippen molar-refractivity contribution < 1.29 is 9.18 Å². The minimum Gasteiger partial charge on any atom is -0.323 e. The molecule has 0 aromatic carbocycles. The minimum absolute atomic E-state index is 0.147. The zero-order valence-electron chi connectivity index (χ0n) is 11.4. The molecule has 1 aliphatic rings. The fraction of sp³-hybridized carbons (Fsp3) is 0.571. The maximum absolute atomic E-state index is 13.5. The Balaban J connectivity index is 2.08. The van der Waals surface area contributed by atoms with E-state index >= 15 is 0 Å². The average molecular weight is 265 g/mol. The average Bonchev–Trinajstić information content (AvgIpc) is 2.42. The second-order valence-electron chi connectivity index (χ2n) is 5.57. The second kappa shape index (κ2) is 5.65. The van der Waals surface area contributed by atoms with Gasteiger partial charge >= 0.3 is 0 Å². The van der Waals surface area contributed by atoms with Crippen molar-refractivity contribution in [3.63, 3.8) is 0 Å². The topological polar surface area (TPSA) is 54.0 Å². The molecule has 1 fully saturated rings. The molecule has 1 amide bonds. The molecule has 2 rings (SSSR count). The molecule has 0 aliphatic carbocycles. The number of hydrogen-bond donors (Lipinski definition) is 2. The Labute approximate surface area is 112 Å². The number of pyridine rings is 1. The van der Waals surface area contributed by atoms with E-state index in [4.69, 9.17) is 0 Å². The molecule has 2 heterocycles. The van der Waals surface area contributed by atoms with Gasteiger partial charge in [-0.1, -0.05) is 13.8 Å². The number of nitrogens with one attached hydrogen (secondary N) is 2. The number of carbonyl (C=O) groups is 1. The molecule has 0 radical (unpaired) electrons. The summed E-state index contributed by atoms with van der Waals surface area (Å²) in [6, 6.07) is 1.47. The van der Waals surface area contributed by atoms with Gasteiger partial charge in [0, 0.05) is 11.6 Å². The van der Waals surface area contributed by atoms with Crippen LogP contribution in [0, 0.1) is 17.2 Å². The summed E-state index contributed by atoms with van der Waals surface area (Å²) >= 11 is 0. The van der Waals surface area contributed by atoms with Gasteiger partial charge in [-0.05, 0) is 37.9 Å². The van der Waals surface area contributed by atoms with Gasteiger partial charge in [-0.3, -0.25) is 9.78 Å². The quantitative estimate of drug-likeness (QED) is 0.880. The molecular formula is C14H20FN3O. The van der Waals surface area contributed by atoms with Crippen molar-refractivity contribution in [3.05, 3.63) is 24.3 Å². The van der Waals surface area contributed by atoms with Crippen molar-refractivity contribution in [2.24, 2.45) is 11.3 Å². The SMILES string of the molecule is CC(C)(C(=O)Nc1ccncc1F)C1CCCNC1. The summed E-state index contributed by atoms with van der Waals surface area (Å²) in [4.78, 5) is 16.0. The third kappa shape index (κ3) is 3.10. The molecule has 1 aromatic heterocycles. The monoisotopic (exact) mass is 265 g/mol. The first-order valence-electron chi connectivity index (χ1n) is 6.63. The van der Waals surface area contributed by atoms with Crippen LogP contribution in [-0.4, -0.2) is 24.0 Å². The van der Waals surface area contributed by atoms with Crippen molar-refractivity contribution in [2.75, 3.05) is 18.4 Å². The van der Waals surface area contributed by atoms with Gasteiger partial charge in [0.2, 0.25) is 5.91 Å². The molecule has 1 aliphatic heterocycles. The number of hydrogen-bond acceptors (Lipinski definition) is 3. The van der Waals surface area contributed by atoms with Gasteiger partial charge < -0.3 is 10.6 Å². The lowest BCUT2D eigenvalue weighted by molar-refractivity contribution is -0.127. The zero-order valence-corrected chi connectivity index (χ0v) is 11.4. The maximum Gasteiger partial charge on any atom is 0.230 e. The molecular weight excluding hydrogens is 245 g/mol. The number of carbonyl (C=O) groups excluding carboxylic acids is 1. The molecule has 0 spiro atoms. The number of anilines is 1. The molecule has 1 unspecified atom stereocenters. The number of piperidine rings is 1. The first-order chi connectivity index (χ1) is 9.01. The van der Waals surface area contributed by atoms with Gasteiger partial charge in [0.05, 0.1) is 11.9 Å². The van der Waals surface area contributed by atoms with Crippen molar-refractivity contribution in [3.8, 4) is 0 Å². The Morgan fingerprint density at radius 1 is 1.58 bits per heavy atom. The smallest absolute Gasteiger partial charge is 0.230 e. The highest BCUT2D eigenvalue weighted by atomic mass is 19.1. The number of aromatic nitrogens is 1. The van der Waals surface area contributed by atoms with Crippen molar-refractivity contribution in [1.82, 2.24) is 10.3 Å². The summed E-state index contributed by atoms with van der Waals surface area (Å²) in [7, 11) is 0. The highest BCUT2D eigenvalue weighted by Crippen LogP contribution is 2.33. The number of amides is 1. The van der Waals surface area contributed by atoms with Crippen LogP contribution in [0.25, 0.3) is 0 Å². The van der Waals surface area contributed by atoms with Crippen LogP contribution in [0.5, 0.6) is 0 Å². The summed E-state index contributed by atoms with van der Waals surface area (Å²) in [5, 5.41) is 5.97. The fourth-order valence-corrected chi connectivity index (χ4v) is 2.41. The third-order valence-electron chi connectivity index (χ3n) is 3.92. The van der Waals surface area contributed by atoms with E-state index in [1.165, 1.54) is 12.3 Å². The standard InChI is InChI=1S/C14H20FN3O/c1-14(2,10-4-3-6-16-8-10)13(19)18-12-5-7-17-9-11(12)15/h5,7,9-10,16H,3-4,6,8H2,1-2H3,(H,17,18,19). The molecule has 4 nitrogen and oxygen atoms in total. The van der Waals surface area contributed by atoms with Gasteiger partial charge in [-0.15, -0.1) is 0 Å². The van der Waals surface area contributed by atoms with Crippen LogP contribution in [0.1, 0.15) is 26.7 Å². The molecule has 19 heavy (non-hydrogen) atoms. The van der Waals surface area contributed by atoms with Crippen LogP contribution >= 0.6 is 0 Å². The fourth-order valence-electron chi connectivity index (χ4n) is 2.41. The van der Waals surface area contributed by atoms with Crippen LogP contribution < -0.4 is 10.6 Å². The summed E-state index contributed by atoms with van der Waals surface area (Å²) in [6.45, 7) is 5.67. The highest BCUT2D eigenvalue weighted by molar-refractivity contribution is 5.95. The Morgan fingerprint density at radius 3 is 3.00 bits per heavy atom. The largest absolute Gasteiger partial charge is 0.323 e. The maximum atomic E-state index is 13.5. The lowest BCUT2D eigenvalue weighted by Gasteiger charge is -2.36. The lowest BCUT2D eigenvalue weighted by atomic mass is 9.74. The summed E-state index contributed by atoms with van der Waals surface area (Å²) in [6.07, 6.45) is 4.66. The van der Waals surface area contributed by atoms with Crippen LogP contribution in [-0.2, 0) is 4.79 Å². The zero-order chi connectivity index (χ0) is 13.9. The first-order valence-corrected chi connectivity index (χ1v) is 6.63. The predicted molar refractivity (Wildman–Crippen MR) is 72.2 cm³/mol. The third-order valence-corrected chi connectivity index (χ3v) is 3.92. The van der Waals surface area contributed by atoms with Gasteiger partial charge in [-0.25, -0.2) is 4.39 Å². The second-order valence-corrected chi connectivity index (χ2v) is 5.57. The first kappa shape index (κ1) is 13.9. The molecule has 2 N–H and O–H groups in total. The Hall–Kier alpha value is -1.49. The number of halogens is 1. The Bertz CT molecular complexity index is 456. The summed E-state index contributed by atoms with van der Waals surface area (Å²) < 4.78 is 13.5. The number of rotatable bonds is 3. The van der Waals surface area contributed by atoms with Crippen molar-refractivity contribution in [2.45, 2.75) is 26.7 Å². The van der Waals surface area contributed by atoms with E-state index in [0.29, 0.717) is 0 Å². The van der Waals surface area contributed by atoms with E-state index < -0.39 is 11.2 Å². The van der Waals surface area contributed by atoms with Crippen molar-refractivity contribution >= 4 is 11.6 Å². The van der Waals surface area contributed by atoms with Gasteiger partial charge in [0.15, 0.2) is 5.82 Å². The van der Waals surface area contributed by atoms with Crippen LogP contribution in [0.15, 0.2) is 18.5 Å². The Morgan fingerprint density at radius 2 is 2.37 bits per heavy atom. The number of nitrogens with zero attached hydrogens (tertiary/aromatic N) is 1. The highest BCUT2D eigenvalue weighted by Gasteiger charge is 2.37. The van der Waals surface area contributed by atoms with E-state index in [1.807, 2.05) is 13.8 Å². The van der Waals surface area contributed by atoms with E-state index in [-0.39, 0.29) is 17.5 Å². The summed E-state index contributed by atoms with van der Waals surface area (Å²) in [5.74, 6) is -0.383. The van der Waals surface area contributed by atoms with Crippen LogP contribution in [0.2, 0.25) is 0 Å². The molecule has 5 heteroatoms. The van der Waals surface area contributed by atoms with Gasteiger partial charge in [-0.2, -0.15) is 0 Å². The van der Waals surface area contributed by atoms with Crippen molar-refractivity contribution in [1.29, 1.82) is 0 Å². The van der Waals surface area contributed by atoms with Crippen LogP contribution in [0.3, 0.4) is 0 Å². The molecule has 104 valence electrons. The van der Waals surface area contributed by atoms with Gasteiger partial charge in [0.25, 0.3) is 0 Å². The van der Waals surface area contributed by atoms with E-state index in [2.05, 4.69) is 15.6 Å². The summed E-state index contributed by atoms with van der Waals surface area (Å²) in [5.41, 5.74) is -0.333. The normalized spacial score (nSPS) is 20.1. The molecule has 1 atom stereocenters. The van der Waals surface area contributed by atoms with Gasteiger partial charge in [0.1, 0.15) is 0 Å². The van der Waals surface area contributed by atoms with E-state index in [9.17, 15) is 9.18 Å². The Kier molecular flexibility index (Phi) is 4.14. The van der Waals surface area contributed by atoms with E-state index in [1.54, 1.807) is 0 Å². The molecule has 0 bridgehead atoms. The lowest BCUT2D eigenvalue weighted by Crippen LogP contribution is -2.44. The predicted octanol–water partition coefficient (Wildman–Crippen LogP) is 2.18.